The van der Waals surface area contributed by atoms with E-state index < -0.39 is 0 Å². The summed E-state index contributed by atoms with van der Waals surface area (Å²) >= 11 is 6.22. The number of rotatable bonds is 4. The minimum absolute atomic E-state index is 0.494. The van der Waals surface area contributed by atoms with Gasteiger partial charge in [-0.1, -0.05) is 17.7 Å². The normalized spacial score (nSPS) is 10.8. The van der Waals surface area contributed by atoms with Gasteiger partial charge in [0, 0.05) is 23.0 Å². The Morgan fingerprint density at radius 3 is 2.43 bits per heavy atom. The topological polar surface area (TPSA) is 23.4 Å². The number of hydrogen-bond acceptors (Lipinski definition) is 2. The molecule has 108 valence electrons. The van der Waals surface area contributed by atoms with Crippen LogP contribution in [0.25, 0.3) is 10.9 Å². The molecule has 0 spiro atoms. The molecule has 0 saturated carbocycles. The Balaban J connectivity index is 1.81. The van der Waals surface area contributed by atoms with Crippen molar-refractivity contribution in [2.45, 2.75) is 6.61 Å². The molecule has 0 aliphatic rings. The number of hydrogen-bond donors (Lipinski definition) is 0. The first-order chi connectivity index (χ1) is 10.2. The maximum Gasteiger partial charge on any atom is 0.128 e. The largest absolute Gasteiger partial charge is 0.497 e. The van der Waals surface area contributed by atoms with E-state index in [9.17, 15) is 0 Å². The average Bonchev–Trinajstić information content (AvgIpc) is 2.84. The van der Waals surface area contributed by atoms with E-state index in [1.807, 2.05) is 43.4 Å². The Morgan fingerprint density at radius 1 is 1.05 bits per heavy atom. The average molecular weight is 302 g/mol. The van der Waals surface area contributed by atoms with Crippen LogP contribution in [-0.2, 0) is 13.7 Å². The van der Waals surface area contributed by atoms with Gasteiger partial charge in [-0.15, -0.1) is 0 Å². The Kier molecular flexibility index (Phi) is 3.76. The van der Waals surface area contributed by atoms with Crippen LogP contribution in [0.5, 0.6) is 11.5 Å². The number of nitrogens with zero attached hydrogens (tertiary/aromatic N) is 1. The molecule has 0 amide bonds. The quantitative estimate of drug-likeness (QED) is 0.712. The first-order valence-corrected chi connectivity index (χ1v) is 7.06. The highest BCUT2D eigenvalue weighted by atomic mass is 35.5. The van der Waals surface area contributed by atoms with Crippen LogP contribution in [0.1, 0.15) is 5.69 Å². The molecule has 3 aromatic rings. The van der Waals surface area contributed by atoms with Crippen molar-refractivity contribution in [3.63, 3.8) is 0 Å². The molecule has 0 unspecified atom stereocenters. The number of fused-ring (bicyclic) bond motifs is 1. The van der Waals surface area contributed by atoms with Crippen molar-refractivity contribution in [1.82, 2.24) is 4.57 Å². The van der Waals surface area contributed by atoms with Gasteiger partial charge in [-0.05, 0) is 42.5 Å². The van der Waals surface area contributed by atoms with Crippen molar-refractivity contribution in [3.8, 4) is 11.5 Å². The highest BCUT2D eigenvalue weighted by Gasteiger charge is 2.08. The van der Waals surface area contributed by atoms with Gasteiger partial charge in [0.1, 0.15) is 18.1 Å². The molecule has 0 atom stereocenters. The van der Waals surface area contributed by atoms with E-state index in [-0.39, 0.29) is 0 Å². The number of benzene rings is 2. The summed E-state index contributed by atoms with van der Waals surface area (Å²) in [5, 5.41) is 1.81. The molecule has 2 aromatic carbocycles. The summed E-state index contributed by atoms with van der Waals surface area (Å²) in [6.45, 7) is 0.494. The van der Waals surface area contributed by atoms with Gasteiger partial charge < -0.3 is 14.0 Å². The lowest BCUT2D eigenvalue weighted by Crippen LogP contribution is -2.01. The second-order valence-electron chi connectivity index (χ2n) is 4.83. The van der Waals surface area contributed by atoms with Crippen LogP contribution in [0, 0.1) is 0 Å². The molecule has 4 heteroatoms. The summed E-state index contributed by atoms with van der Waals surface area (Å²) < 4.78 is 13.1. The smallest absolute Gasteiger partial charge is 0.128 e. The molecule has 21 heavy (non-hydrogen) atoms. The van der Waals surface area contributed by atoms with Crippen LogP contribution in [0.2, 0.25) is 5.02 Å². The van der Waals surface area contributed by atoms with E-state index in [2.05, 4.69) is 16.7 Å². The Hall–Kier alpha value is -2.13. The molecule has 0 saturated heterocycles. The summed E-state index contributed by atoms with van der Waals surface area (Å²) in [5.74, 6) is 1.63. The first kappa shape index (κ1) is 13.8. The lowest BCUT2D eigenvalue weighted by Gasteiger charge is -2.08. The van der Waals surface area contributed by atoms with Crippen LogP contribution in [0.4, 0.5) is 0 Å². The molecule has 0 radical (unpaired) electrons. The summed E-state index contributed by atoms with van der Waals surface area (Å²) in [6.07, 6.45) is 0. The fourth-order valence-electron chi connectivity index (χ4n) is 2.35. The maximum absolute atomic E-state index is 6.22. The van der Waals surface area contributed by atoms with Gasteiger partial charge in [0.2, 0.25) is 0 Å². The monoisotopic (exact) mass is 301 g/mol. The summed E-state index contributed by atoms with van der Waals surface area (Å²) in [6, 6.07) is 15.5. The highest BCUT2D eigenvalue weighted by molar-refractivity contribution is 6.35. The van der Waals surface area contributed by atoms with E-state index in [1.165, 1.54) is 0 Å². The van der Waals surface area contributed by atoms with Gasteiger partial charge in [-0.3, -0.25) is 0 Å². The van der Waals surface area contributed by atoms with E-state index in [0.29, 0.717) is 6.61 Å². The van der Waals surface area contributed by atoms with Crippen LogP contribution in [0.3, 0.4) is 0 Å². The summed E-state index contributed by atoms with van der Waals surface area (Å²) in [5.41, 5.74) is 2.18. The van der Waals surface area contributed by atoms with E-state index >= 15 is 0 Å². The molecule has 3 rings (SSSR count). The minimum Gasteiger partial charge on any atom is -0.497 e. The molecule has 0 aliphatic carbocycles. The molecule has 1 heterocycles. The molecule has 0 bridgehead atoms. The van der Waals surface area contributed by atoms with E-state index in [0.717, 1.165) is 33.1 Å². The molecule has 1 aromatic heterocycles. The van der Waals surface area contributed by atoms with Crippen LogP contribution in [0.15, 0.2) is 48.5 Å². The summed E-state index contributed by atoms with van der Waals surface area (Å²) in [7, 11) is 3.67. The van der Waals surface area contributed by atoms with Gasteiger partial charge >= 0.3 is 0 Å². The van der Waals surface area contributed by atoms with Gasteiger partial charge in [0.15, 0.2) is 0 Å². The zero-order valence-corrected chi connectivity index (χ0v) is 12.7. The van der Waals surface area contributed by atoms with Crippen molar-refractivity contribution in [3.05, 3.63) is 59.2 Å². The second-order valence-corrected chi connectivity index (χ2v) is 5.24. The summed E-state index contributed by atoms with van der Waals surface area (Å²) in [4.78, 5) is 0. The van der Waals surface area contributed by atoms with Gasteiger partial charge in [-0.2, -0.15) is 0 Å². The van der Waals surface area contributed by atoms with Crippen molar-refractivity contribution >= 4 is 22.5 Å². The Bertz CT molecular complexity index is 762. The SMILES string of the molecule is COc1ccc(OCc2cc3c(Cl)cccc3n2C)cc1. The Labute approximate surface area is 128 Å². The van der Waals surface area contributed by atoms with E-state index in [1.54, 1.807) is 7.11 Å². The number of aromatic nitrogens is 1. The number of aryl methyl sites for hydroxylation is 1. The van der Waals surface area contributed by atoms with Gasteiger partial charge in [0.25, 0.3) is 0 Å². The van der Waals surface area contributed by atoms with E-state index in [4.69, 9.17) is 21.1 Å². The first-order valence-electron chi connectivity index (χ1n) is 6.68. The third kappa shape index (κ3) is 2.69. The molecular formula is C17H16ClNO2. The number of halogens is 1. The predicted molar refractivity (Wildman–Crippen MR) is 85.3 cm³/mol. The second kappa shape index (κ2) is 5.70. The number of ether oxygens (including phenoxy) is 2. The third-order valence-electron chi connectivity index (χ3n) is 3.58. The highest BCUT2D eigenvalue weighted by Crippen LogP contribution is 2.27. The van der Waals surface area contributed by atoms with Crippen molar-refractivity contribution in [1.29, 1.82) is 0 Å². The third-order valence-corrected chi connectivity index (χ3v) is 3.91. The maximum atomic E-state index is 6.22. The van der Waals surface area contributed by atoms with Crippen LogP contribution < -0.4 is 9.47 Å². The molecule has 0 fully saturated rings. The fourth-order valence-corrected chi connectivity index (χ4v) is 2.57. The van der Waals surface area contributed by atoms with Crippen molar-refractivity contribution in [2.24, 2.45) is 7.05 Å². The minimum atomic E-state index is 0.494. The number of methoxy groups -OCH3 is 1. The molecular weight excluding hydrogens is 286 g/mol. The molecule has 0 N–H and O–H groups in total. The standard InChI is InChI=1S/C17H16ClNO2/c1-19-12(10-15-16(18)4-3-5-17(15)19)11-21-14-8-6-13(20-2)7-9-14/h3-10H,11H2,1-2H3. The zero-order chi connectivity index (χ0) is 14.8. The fraction of sp³-hybridized carbons (Fsp3) is 0.176. The van der Waals surface area contributed by atoms with Crippen molar-refractivity contribution < 1.29 is 9.47 Å². The lowest BCUT2D eigenvalue weighted by atomic mass is 10.2. The lowest BCUT2D eigenvalue weighted by molar-refractivity contribution is 0.297. The zero-order valence-electron chi connectivity index (χ0n) is 12.0. The predicted octanol–water partition coefficient (Wildman–Crippen LogP) is 4.42. The van der Waals surface area contributed by atoms with Crippen LogP contribution in [-0.4, -0.2) is 11.7 Å². The molecule has 0 aliphatic heterocycles. The van der Waals surface area contributed by atoms with Crippen molar-refractivity contribution in [2.75, 3.05) is 7.11 Å². The molecule has 3 nitrogen and oxygen atoms in total. The Morgan fingerprint density at radius 2 is 1.76 bits per heavy atom. The van der Waals surface area contributed by atoms with Gasteiger partial charge in [0.05, 0.1) is 12.8 Å². The van der Waals surface area contributed by atoms with Gasteiger partial charge in [-0.25, -0.2) is 0 Å². The van der Waals surface area contributed by atoms with Crippen LogP contribution >= 0.6 is 11.6 Å².